The third-order valence-corrected chi connectivity index (χ3v) is 3.04. The van der Waals surface area contributed by atoms with Gasteiger partial charge in [-0.15, -0.1) is 0 Å². The summed E-state index contributed by atoms with van der Waals surface area (Å²) in [6, 6.07) is 8.10. The van der Waals surface area contributed by atoms with Crippen molar-refractivity contribution in [2.45, 2.75) is 6.54 Å². The van der Waals surface area contributed by atoms with Gasteiger partial charge in [0.05, 0.1) is 12.3 Å². The predicted octanol–water partition coefficient (Wildman–Crippen LogP) is 1.92. The van der Waals surface area contributed by atoms with Gasteiger partial charge < -0.3 is 14.4 Å². The van der Waals surface area contributed by atoms with Gasteiger partial charge in [0.2, 0.25) is 0 Å². The second-order valence-electron chi connectivity index (χ2n) is 4.02. The first kappa shape index (κ1) is 13.5. The summed E-state index contributed by atoms with van der Waals surface area (Å²) < 4.78 is 7.19. The molecular formula is C13H14N2O3S. The highest BCUT2D eigenvalue weighted by Crippen LogP contribution is 2.20. The quantitative estimate of drug-likeness (QED) is 0.839. The van der Waals surface area contributed by atoms with Crippen molar-refractivity contribution in [3.05, 3.63) is 45.5 Å². The minimum absolute atomic E-state index is 0.177. The van der Waals surface area contributed by atoms with Crippen LogP contribution in [0.2, 0.25) is 0 Å². The fourth-order valence-corrected chi connectivity index (χ4v) is 2.09. The van der Waals surface area contributed by atoms with Gasteiger partial charge in [-0.25, -0.2) is 0 Å². The van der Waals surface area contributed by atoms with E-state index in [-0.39, 0.29) is 11.3 Å². The summed E-state index contributed by atoms with van der Waals surface area (Å²) in [5.41, 5.74) is 1.26. The molecule has 0 spiro atoms. The summed E-state index contributed by atoms with van der Waals surface area (Å²) in [5.74, 6) is 0.177. The molecule has 2 aromatic rings. The Hall–Kier alpha value is -1.92. The Bertz CT molecular complexity index is 674. The van der Waals surface area contributed by atoms with Gasteiger partial charge in [0.25, 0.3) is 5.56 Å². The Kier molecular flexibility index (Phi) is 4.13. The maximum absolute atomic E-state index is 11.6. The Morgan fingerprint density at radius 2 is 2.05 bits per heavy atom. The molecule has 0 unspecified atom stereocenters. The van der Waals surface area contributed by atoms with E-state index in [9.17, 15) is 9.90 Å². The largest absolute Gasteiger partial charge is 0.508 e. The average molecular weight is 278 g/mol. The van der Waals surface area contributed by atoms with Gasteiger partial charge in [-0.05, 0) is 42.0 Å². The van der Waals surface area contributed by atoms with E-state index in [1.807, 2.05) is 0 Å². The van der Waals surface area contributed by atoms with Gasteiger partial charge in [0, 0.05) is 19.7 Å². The number of nitrogens with one attached hydrogen (secondary N) is 1. The van der Waals surface area contributed by atoms with Crippen LogP contribution in [0, 0.1) is 4.77 Å². The van der Waals surface area contributed by atoms with Crippen molar-refractivity contribution < 1.29 is 9.84 Å². The number of H-pyrrole nitrogens is 1. The number of methoxy groups -OCH3 is 1. The number of rotatable bonds is 4. The predicted molar refractivity (Wildman–Crippen MR) is 74.9 cm³/mol. The van der Waals surface area contributed by atoms with Crippen LogP contribution >= 0.6 is 12.2 Å². The fraction of sp³-hybridized carbons (Fsp3) is 0.231. The van der Waals surface area contributed by atoms with Crippen molar-refractivity contribution in [1.29, 1.82) is 0 Å². The number of phenolic OH excluding ortho intramolecular Hbond substituents is 1. The minimum Gasteiger partial charge on any atom is -0.508 e. The van der Waals surface area contributed by atoms with Gasteiger partial charge >= 0.3 is 0 Å². The average Bonchev–Trinajstić information content (AvgIpc) is 2.38. The van der Waals surface area contributed by atoms with Crippen LogP contribution in [0.1, 0.15) is 0 Å². The van der Waals surface area contributed by atoms with Gasteiger partial charge in [0.15, 0.2) is 4.77 Å². The number of ether oxygens (including phenoxy) is 1. The van der Waals surface area contributed by atoms with Gasteiger partial charge in [-0.1, -0.05) is 0 Å². The molecule has 0 saturated heterocycles. The molecule has 0 aliphatic carbocycles. The highest BCUT2D eigenvalue weighted by atomic mass is 32.1. The molecule has 6 heteroatoms. The number of aromatic hydroxyl groups is 1. The molecule has 19 heavy (non-hydrogen) atoms. The maximum Gasteiger partial charge on any atom is 0.252 e. The van der Waals surface area contributed by atoms with Gasteiger partial charge in [0.1, 0.15) is 5.75 Å². The second kappa shape index (κ2) is 5.81. The summed E-state index contributed by atoms with van der Waals surface area (Å²) in [4.78, 5) is 14.1. The van der Waals surface area contributed by atoms with Crippen molar-refractivity contribution in [2.75, 3.05) is 13.7 Å². The first-order valence-corrected chi connectivity index (χ1v) is 6.15. The molecule has 0 aliphatic rings. The van der Waals surface area contributed by atoms with E-state index < -0.39 is 0 Å². The van der Waals surface area contributed by atoms with Crippen LogP contribution in [0.3, 0.4) is 0 Å². The monoisotopic (exact) mass is 278 g/mol. The molecule has 0 saturated carbocycles. The third kappa shape index (κ3) is 3.10. The molecule has 1 aromatic heterocycles. The van der Waals surface area contributed by atoms with Gasteiger partial charge in [-0.2, -0.15) is 0 Å². The number of nitrogens with zero attached hydrogens (tertiary/aromatic N) is 1. The topological polar surface area (TPSA) is 67.2 Å². The molecule has 0 amide bonds. The Labute approximate surface area is 115 Å². The first-order valence-electron chi connectivity index (χ1n) is 5.74. The number of phenols is 1. The number of hydrogen-bond acceptors (Lipinski definition) is 4. The summed E-state index contributed by atoms with van der Waals surface area (Å²) >= 11 is 5.17. The summed E-state index contributed by atoms with van der Waals surface area (Å²) in [6.07, 6.45) is 0. The summed E-state index contributed by atoms with van der Waals surface area (Å²) in [7, 11) is 1.61. The smallest absolute Gasteiger partial charge is 0.252 e. The zero-order chi connectivity index (χ0) is 13.8. The van der Waals surface area contributed by atoms with Crippen molar-refractivity contribution in [2.24, 2.45) is 0 Å². The first-order chi connectivity index (χ1) is 9.11. The molecule has 0 aliphatic heterocycles. The lowest BCUT2D eigenvalue weighted by molar-refractivity contribution is 0.186. The Balaban J connectivity index is 2.57. The standard InChI is InChI=1S/C13H14N2O3S/c1-18-7-6-15-11(8-12(17)14-13(15)19)9-2-4-10(16)5-3-9/h2-5,8,16H,6-7H2,1H3,(H,14,17,19). The highest BCUT2D eigenvalue weighted by molar-refractivity contribution is 7.71. The van der Waals surface area contributed by atoms with E-state index in [4.69, 9.17) is 17.0 Å². The maximum atomic E-state index is 11.6. The molecule has 5 nitrogen and oxygen atoms in total. The van der Waals surface area contributed by atoms with Crippen LogP contribution in [0.5, 0.6) is 5.75 Å². The van der Waals surface area contributed by atoms with Crippen molar-refractivity contribution in [3.8, 4) is 17.0 Å². The normalized spacial score (nSPS) is 10.6. The molecule has 1 heterocycles. The van der Waals surface area contributed by atoms with Crippen LogP contribution in [-0.2, 0) is 11.3 Å². The van der Waals surface area contributed by atoms with Gasteiger partial charge in [-0.3, -0.25) is 9.78 Å². The molecule has 100 valence electrons. The molecule has 2 rings (SSSR count). The van der Waals surface area contributed by atoms with E-state index in [2.05, 4.69) is 4.98 Å². The van der Waals surface area contributed by atoms with E-state index >= 15 is 0 Å². The Morgan fingerprint density at radius 1 is 1.37 bits per heavy atom. The number of benzene rings is 1. The lowest BCUT2D eigenvalue weighted by Crippen LogP contribution is -2.16. The molecule has 0 atom stereocenters. The fourth-order valence-electron chi connectivity index (χ4n) is 1.80. The molecule has 2 N–H and O–H groups in total. The van der Waals surface area contributed by atoms with E-state index in [1.165, 1.54) is 6.07 Å². The van der Waals surface area contributed by atoms with E-state index in [0.717, 1.165) is 5.56 Å². The summed E-state index contributed by atoms with van der Waals surface area (Å²) in [6.45, 7) is 1.04. The minimum atomic E-state index is -0.248. The molecule has 1 aromatic carbocycles. The van der Waals surface area contributed by atoms with Crippen molar-refractivity contribution in [3.63, 3.8) is 0 Å². The van der Waals surface area contributed by atoms with Crippen LogP contribution in [-0.4, -0.2) is 28.4 Å². The zero-order valence-corrected chi connectivity index (χ0v) is 11.2. The van der Waals surface area contributed by atoms with Crippen LogP contribution in [0.25, 0.3) is 11.3 Å². The molecule has 0 bridgehead atoms. The van der Waals surface area contributed by atoms with Crippen LogP contribution in [0.15, 0.2) is 35.1 Å². The van der Waals surface area contributed by atoms with Crippen LogP contribution in [0.4, 0.5) is 0 Å². The SMILES string of the molecule is COCCn1c(-c2ccc(O)cc2)cc(=O)[nH]c1=S. The molecule has 0 radical (unpaired) electrons. The van der Waals surface area contributed by atoms with Crippen LogP contribution < -0.4 is 5.56 Å². The number of aromatic amines is 1. The van der Waals surface area contributed by atoms with E-state index in [0.29, 0.717) is 23.6 Å². The van der Waals surface area contributed by atoms with Crippen molar-refractivity contribution in [1.82, 2.24) is 9.55 Å². The molecule has 0 fully saturated rings. The third-order valence-electron chi connectivity index (χ3n) is 2.72. The van der Waals surface area contributed by atoms with Crippen molar-refractivity contribution >= 4 is 12.2 Å². The number of aromatic nitrogens is 2. The number of hydrogen-bond donors (Lipinski definition) is 2. The highest BCUT2D eigenvalue weighted by Gasteiger charge is 2.06. The second-order valence-corrected chi connectivity index (χ2v) is 4.40. The summed E-state index contributed by atoms with van der Waals surface area (Å²) in [5, 5.41) is 9.31. The zero-order valence-electron chi connectivity index (χ0n) is 10.4. The Morgan fingerprint density at radius 3 is 2.68 bits per heavy atom. The lowest BCUT2D eigenvalue weighted by Gasteiger charge is -2.13. The lowest BCUT2D eigenvalue weighted by atomic mass is 10.1. The van der Waals surface area contributed by atoms with E-state index in [1.54, 1.807) is 35.9 Å². The molecular weight excluding hydrogens is 264 g/mol.